The molecule has 1 rings (SSSR count). The van der Waals surface area contributed by atoms with Crippen LogP contribution in [0.15, 0.2) is 9.59 Å². The predicted octanol–water partition coefficient (Wildman–Crippen LogP) is 0.950. The summed E-state index contributed by atoms with van der Waals surface area (Å²) in [5.74, 6) is 1.89. The van der Waals surface area contributed by atoms with Crippen LogP contribution in [0.2, 0.25) is 0 Å². The zero-order chi connectivity index (χ0) is 13.2. The minimum absolute atomic E-state index is 0.179. The molecule has 0 aliphatic carbocycles. The Morgan fingerprint density at radius 2 is 2.06 bits per heavy atom. The summed E-state index contributed by atoms with van der Waals surface area (Å²) in [5.41, 5.74) is -1.06. The van der Waals surface area contributed by atoms with Gasteiger partial charge >= 0.3 is 5.69 Å². The Bertz CT molecular complexity index is 561. The van der Waals surface area contributed by atoms with Crippen molar-refractivity contribution in [3.05, 3.63) is 26.4 Å². The van der Waals surface area contributed by atoms with Crippen molar-refractivity contribution in [2.75, 3.05) is 0 Å². The van der Waals surface area contributed by atoms with E-state index < -0.39 is 17.3 Å². The third-order valence-electron chi connectivity index (χ3n) is 2.62. The minimum atomic E-state index is -0.679. The van der Waals surface area contributed by atoms with Crippen molar-refractivity contribution in [3.63, 3.8) is 0 Å². The van der Waals surface area contributed by atoms with Crippen LogP contribution in [0.5, 0.6) is 5.88 Å². The largest absolute Gasteiger partial charge is 0.494 e. The van der Waals surface area contributed by atoms with Gasteiger partial charge in [0.05, 0.1) is 5.56 Å². The second-order valence-corrected chi connectivity index (χ2v) is 4.11. The third-order valence-corrected chi connectivity index (χ3v) is 2.62. The van der Waals surface area contributed by atoms with Gasteiger partial charge < -0.3 is 5.11 Å². The maximum Gasteiger partial charge on any atom is 0.332 e. The van der Waals surface area contributed by atoms with Crippen LogP contribution in [0, 0.1) is 12.3 Å². The van der Waals surface area contributed by atoms with Crippen LogP contribution in [0.1, 0.15) is 44.7 Å². The van der Waals surface area contributed by atoms with Crippen LogP contribution < -0.4 is 11.2 Å². The van der Waals surface area contributed by atoms with Crippen LogP contribution in [0.25, 0.3) is 0 Å². The fraction of sp³-hybridized carbons (Fsp3) is 0.500. The first kappa shape index (κ1) is 13.1. The smallest absolute Gasteiger partial charge is 0.332 e. The lowest BCUT2D eigenvalue weighted by molar-refractivity contribution is 0.375. The van der Waals surface area contributed by atoms with Gasteiger partial charge in [0.15, 0.2) is 0 Å². The number of nitrogens with zero attached hydrogens (tertiary/aromatic N) is 1. The minimum Gasteiger partial charge on any atom is -0.494 e. The van der Waals surface area contributed by atoms with Gasteiger partial charge in [0.2, 0.25) is 5.88 Å². The van der Waals surface area contributed by atoms with E-state index in [1.807, 2.05) is 0 Å². The lowest BCUT2D eigenvalue weighted by atomic mass is 10.1. The molecule has 0 aliphatic heterocycles. The summed E-state index contributed by atoms with van der Waals surface area (Å²) < 4.78 is 1.05. The maximum atomic E-state index is 11.6. The summed E-state index contributed by atoms with van der Waals surface area (Å²) in [7, 11) is 0. The van der Waals surface area contributed by atoms with E-state index in [0.717, 1.165) is 4.57 Å². The number of aromatic hydroxyl groups is 1. The Morgan fingerprint density at radius 1 is 1.47 bits per heavy atom. The zero-order valence-corrected chi connectivity index (χ0v) is 10.2. The van der Waals surface area contributed by atoms with E-state index in [9.17, 15) is 14.7 Å². The van der Waals surface area contributed by atoms with Gasteiger partial charge in [0.25, 0.3) is 5.56 Å². The van der Waals surface area contributed by atoms with Crippen molar-refractivity contribution < 1.29 is 5.11 Å². The van der Waals surface area contributed by atoms with Gasteiger partial charge in [0, 0.05) is 0 Å². The van der Waals surface area contributed by atoms with Crippen LogP contribution in [0.4, 0.5) is 0 Å². The molecule has 0 saturated carbocycles. The molecular weight excluding hydrogens is 220 g/mol. The summed E-state index contributed by atoms with van der Waals surface area (Å²) >= 11 is 0. The van der Waals surface area contributed by atoms with Crippen LogP contribution in [-0.4, -0.2) is 14.7 Å². The summed E-state index contributed by atoms with van der Waals surface area (Å²) in [6, 6.07) is -0.558. The highest BCUT2D eigenvalue weighted by Crippen LogP contribution is 2.23. The highest BCUT2D eigenvalue weighted by atomic mass is 16.3. The van der Waals surface area contributed by atoms with Crippen LogP contribution >= 0.6 is 0 Å². The van der Waals surface area contributed by atoms with E-state index in [0.29, 0.717) is 6.42 Å². The van der Waals surface area contributed by atoms with E-state index in [1.54, 1.807) is 20.8 Å². The molecule has 17 heavy (non-hydrogen) atoms. The van der Waals surface area contributed by atoms with Gasteiger partial charge in [-0.15, -0.1) is 6.42 Å². The second-order valence-electron chi connectivity index (χ2n) is 4.11. The first-order valence-corrected chi connectivity index (χ1v) is 5.47. The van der Waals surface area contributed by atoms with E-state index in [-0.39, 0.29) is 17.4 Å². The van der Waals surface area contributed by atoms with Gasteiger partial charge in [-0.05, 0) is 12.3 Å². The Morgan fingerprint density at radius 3 is 2.47 bits per heavy atom. The molecule has 0 aliphatic rings. The second kappa shape index (κ2) is 4.91. The topological polar surface area (TPSA) is 75.1 Å². The average Bonchev–Trinajstić information content (AvgIpc) is 2.22. The number of hydrogen-bond donors (Lipinski definition) is 2. The predicted molar refractivity (Wildman–Crippen MR) is 65.2 cm³/mol. The number of H-pyrrole nitrogens is 1. The van der Waals surface area contributed by atoms with Crippen molar-refractivity contribution in [1.82, 2.24) is 9.55 Å². The third kappa shape index (κ3) is 2.26. The van der Waals surface area contributed by atoms with Gasteiger partial charge in [-0.1, -0.05) is 26.7 Å². The summed E-state index contributed by atoms with van der Waals surface area (Å²) in [6.07, 6.45) is 5.80. The quantitative estimate of drug-likeness (QED) is 0.767. The molecule has 1 heterocycles. The highest BCUT2D eigenvalue weighted by Gasteiger charge is 2.20. The van der Waals surface area contributed by atoms with E-state index in [2.05, 4.69) is 10.9 Å². The molecule has 1 aromatic rings. The standard InChI is InChI=1S/C12H16N2O3/c1-5-8(6-2)14-11(16)9(7(3)4)10(15)13-12(14)17/h1,7-8,16H,6H2,2-4H3,(H,13,15,17). The Balaban J connectivity index is 3.64. The van der Waals surface area contributed by atoms with Gasteiger partial charge in [-0.25, -0.2) is 9.36 Å². The molecule has 92 valence electrons. The molecule has 5 nitrogen and oxygen atoms in total. The van der Waals surface area contributed by atoms with Crippen molar-refractivity contribution in [3.8, 4) is 18.2 Å². The maximum absolute atomic E-state index is 11.6. The summed E-state index contributed by atoms with van der Waals surface area (Å²) in [6.45, 7) is 5.32. The number of nitrogens with one attached hydrogen (secondary N) is 1. The SMILES string of the molecule is C#CC(CC)n1c(O)c(C(C)C)c(=O)[nH]c1=O. The van der Waals surface area contributed by atoms with E-state index in [1.165, 1.54) is 0 Å². The number of aromatic amines is 1. The number of rotatable bonds is 3. The molecular formula is C12H16N2O3. The van der Waals surface area contributed by atoms with Crippen molar-refractivity contribution in [2.24, 2.45) is 0 Å². The molecule has 0 fully saturated rings. The monoisotopic (exact) mass is 236 g/mol. The van der Waals surface area contributed by atoms with Crippen molar-refractivity contribution in [1.29, 1.82) is 0 Å². The Hall–Kier alpha value is -1.96. The first-order chi connectivity index (χ1) is 7.93. The number of aromatic nitrogens is 2. The molecule has 0 radical (unpaired) electrons. The Labute approximate surface area is 99.1 Å². The van der Waals surface area contributed by atoms with Gasteiger partial charge in [-0.2, -0.15) is 0 Å². The fourth-order valence-corrected chi connectivity index (χ4v) is 1.74. The Kier molecular flexibility index (Phi) is 3.79. The van der Waals surface area contributed by atoms with Crippen LogP contribution in [-0.2, 0) is 0 Å². The molecule has 0 aromatic carbocycles. The zero-order valence-electron chi connectivity index (χ0n) is 10.2. The molecule has 0 amide bonds. The number of hydrogen-bond acceptors (Lipinski definition) is 3. The average molecular weight is 236 g/mol. The van der Waals surface area contributed by atoms with E-state index in [4.69, 9.17) is 6.42 Å². The molecule has 2 N–H and O–H groups in total. The summed E-state index contributed by atoms with van der Waals surface area (Å²) in [5, 5.41) is 10.0. The first-order valence-electron chi connectivity index (χ1n) is 5.47. The van der Waals surface area contributed by atoms with Crippen molar-refractivity contribution in [2.45, 2.75) is 39.2 Å². The van der Waals surface area contributed by atoms with Crippen molar-refractivity contribution >= 4 is 0 Å². The van der Waals surface area contributed by atoms with Gasteiger partial charge in [-0.3, -0.25) is 9.78 Å². The molecule has 0 saturated heterocycles. The number of terminal acetylenes is 1. The highest BCUT2D eigenvalue weighted by molar-refractivity contribution is 5.27. The van der Waals surface area contributed by atoms with Gasteiger partial charge in [0.1, 0.15) is 6.04 Å². The lowest BCUT2D eigenvalue weighted by Crippen LogP contribution is -2.34. The summed E-state index contributed by atoms with van der Waals surface area (Å²) in [4.78, 5) is 25.4. The lowest BCUT2D eigenvalue weighted by Gasteiger charge is -2.16. The van der Waals surface area contributed by atoms with E-state index >= 15 is 0 Å². The normalized spacial score (nSPS) is 12.4. The molecule has 0 bridgehead atoms. The molecule has 1 unspecified atom stereocenters. The molecule has 5 heteroatoms. The van der Waals surface area contributed by atoms with Crippen LogP contribution in [0.3, 0.4) is 0 Å². The molecule has 0 spiro atoms. The fourth-order valence-electron chi connectivity index (χ4n) is 1.74. The molecule has 1 aromatic heterocycles. The molecule has 1 atom stereocenters.